The largest absolute Gasteiger partial charge is 0.365 e. The lowest BCUT2D eigenvalue weighted by Crippen LogP contribution is -2.34. The normalized spacial score (nSPS) is 18.6. The number of pyridine rings is 1. The van der Waals surface area contributed by atoms with Crippen LogP contribution in [0.2, 0.25) is 0 Å². The van der Waals surface area contributed by atoms with Gasteiger partial charge in [-0.1, -0.05) is 31.2 Å². The number of nitrogens with one attached hydrogen (secondary N) is 1. The maximum absolute atomic E-state index is 11.9. The highest BCUT2D eigenvalue weighted by Crippen LogP contribution is 2.22. The maximum Gasteiger partial charge on any atom is 0.179 e. The molecule has 0 saturated carbocycles. The summed E-state index contributed by atoms with van der Waals surface area (Å²) in [6, 6.07) is 11.6. The molecular weight excluding hydrogens is 346 g/mol. The van der Waals surface area contributed by atoms with Crippen molar-refractivity contribution in [2.75, 3.05) is 24.7 Å². The zero-order chi connectivity index (χ0) is 18.6. The molecule has 1 aliphatic heterocycles. The van der Waals surface area contributed by atoms with Crippen LogP contribution in [0.4, 0.5) is 5.82 Å². The molecule has 2 heterocycles. The van der Waals surface area contributed by atoms with Gasteiger partial charge in [-0.15, -0.1) is 0 Å². The van der Waals surface area contributed by atoms with E-state index in [1.54, 1.807) is 18.3 Å². The zero-order valence-electron chi connectivity index (χ0n) is 15.5. The van der Waals surface area contributed by atoms with Gasteiger partial charge in [0, 0.05) is 32.1 Å². The van der Waals surface area contributed by atoms with Crippen molar-refractivity contribution in [1.29, 1.82) is 0 Å². The average Bonchev–Trinajstić information content (AvgIpc) is 2.60. The second kappa shape index (κ2) is 8.18. The van der Waals surface area contributed by atoms with Gasteiger partial charge < -0.3 is 5.32 Å². The number of rotatable bonds is 6. The lowest BCUT2D eigenvalue weighted by atomic mass is 9.99. The number of sulfone groups is 1. The van der Waals surface area contributed by atoms with Crippen molar-refractivity contribution in [3.63, 3.8) is 0 Å². The van der Waals surface area contributed by atoms with Crippen LogP contribution in [0.25, 0.3) is 0 Å². The Morgan fingerprint density at radius 3 is 2.69 bits per heavy atom. The number of nitrogens with zero attached hydrogens (tertiary/aromatic N) is 2. The molecule has 5 nitrogen and oxygen atoms in total. The second-order valence-corrected chi connectivity index (χ2v) is 9.21. The maximum atomic E-state index is 11.9. The minimum atomic E-state index is -3.31. The Morgan fingerprint density at radius 1 is 1.19 bits per heavy atom. The number of hydrogen-bond donors (Lipinski definition) is 1. The number of anilines is 1. The first-order valence-electron chi connectivity index (χ1n) is 9.11. The highest BCUT2D eigenvalue weighted by Gasteiger charge is 2.18. The molecule has 140 valence electrons. The Balaban J connectivity index is 1.73. The van der Waals surface area contributed by atoms with Gasteiger partial charge in [-0.05, 0) is 48.6 Å². The lowest BCUT2D eigenvalue weighted by molar-refractivity contribution is 0.176. The number of aromatic nitrogens is 1. The predicted molar refractivity (Wildman–Crippen MR) is 105 cm³/mol. The van der Waals surface area contributed by atoms with E-state index in [4.69, 9.17) is 0 Å². The fourth-order valence-electron chi connectivity index (χ4n) is 3.56. The van der Waals surface area contributed by atoms with Gasteiger partial charge in [0.1, 0.15) is 10.7 Å². The molecule has 1 aromatic heterocycles. The van der Waals surface area contributed by atoms with E-state index in [0.29, 0.717) is 12.4 Å². The predicted octanol–water partition coefficient (Wildman–Crippen LogP) is 3.33. The molecule has 2 aromatic rings. The number of piperidine rings is 1. The van der Waals surface area contributed by atoms with Gasteiger partial charge in [-0.25, -0.2) is 13.4 Å². The summed E-state index contributed by atoms with van der Waals surface area (Å²) in [6.45, 7) is 6.08. The molecular formula is C20H27N3O2S. The molecule has 1 aliphatic rings. The number of likely N-dealkylation sites (tertiary alicyclic amines) is 1. The summed E-state index contributed by atoms with van der Waals surface area (Å²) in [6.07, 6.45) is 5.39. The highest BCUT2D eigenvalue weighted by atomic mass is 32.2. The molecule has 0 spiro atoms. The third kappa shape index (κ3) is 4.83. The smallest absolute Gasteiger partial charge is 0.179 e. The van der Waals surface area contributed by atoms with Crippen LogP contribution in [0.3, 0.4) is 0 Å². The van der Waals surface area contributed by atoms with Gasteiger partial charge in [0.2, 0.25) is 0 Å². The van der Waals surface area contributed by atoms with Crippen molar-refractivity contribution >= 4 is 15.7 Å². The quantitative estimate of drug-likeness (QED) is 0.841. The van der Waals surface area contributed by atoms with Gasteiger partial charge in [-0.2, -0.15) is 0 Å². The summed E-state index contributed by atoms with van der Waals surface area (Å²) in [7, 11) is -3.31. The Bertz CT molecular complexity index is 852. The minimum Gasteiger partial charge on any atom is -0.365 e. The first-order valence-corrected chi connectivity index (χ1v) is 11.0. The van der Waals surface area contributed by atoms with Crippen LogP contribution in [0, 0.1) is 5.92 Å². The van der Waals surface area contributed by atoms with E-state index in [2.05, 4.69) is 40.3 Å². The second-order valence-electron chi connectivity index (χ2n) is 7.23. The average molecular weight is 374 g/mol. The Labute approximate surface area is 156 Å². The van der Waals surface area contributed by atoms with Crippen molar-refractivity contribution in [3.8, 4) is 0 Å². The monoisotopic (exact) mass is 373 g/mol. The van der Waals surface area contributed by atoms with Crippen LogP contribution in [-0.2, 0) is 22.9 Å². The van der Waals surface area contributed by atoms with Gasteiger partial charge in [0.25, 0.3) is 0 Å². The molecule has 3 rings (SSSR count). The molecule has 1 N–H and O–H groups in total. The van der Waals surface area contributed by atoms with Gasteiger partial charge >= 0.3 is 0 Å². The molecule has 1 aromatic carbocycles. The Kier molecular flexibility index (Phi) is 5.94. The van der Waals surface area contributed by atoms with E-state index in [-0.39, 0.29) is 4.90 Å². The van der Waals surface area contributed by atoms with Gasteiger partial charge in [0.05, 0.1) is 0 Å². The van der Waals surface area contributed by atoms with Crippen molar-refractivity contribution < 1.29 is 8.42 Å². The van der Waals surface area contributed by atoms with E-state index in [0.717, 1.165) is 25.6 Å². The van der Waals surface area contributed by atoms with E-state index < -0.39 is 9.84 Å². The molecule has 0 radical (unpaired) electrons. The summed E-state index contributed by atoms with van der Waals surface area (Å²) >= 11 is 0. The fraction of sp³-hybridized carbons (Fsp3) is 0.450. The summed E-state index contributed by atoms with van der Waals surface area (Å²) in [4.78, 5) is 6.96. The standard InChI is InChI=1S/C20H27N3O2S/c1-16-7-6-12-23(14-16)15-18-9-4-3-8-17(18)13-22-20-19(26(2,24)25)10-5-11-21-20/h3-5,8-11,16H,6-7,12-15H2,1-2H3,(H,21,22). The molecule has 0 aliphatic carbocycles. The van der Waals surface area contributed by atoms with Crippen LogP contribution in [0.5, 0.6) is 0 Å². The molecule has 26 heavy (non-hydrogen) atoms. The van der Waals surface area contributed by atoms with Crippen LogP contribution >= 0.6 is 0 Å². The van der Waals surface area contributed by atoms with Gasteiger partial charge in [0.15, 0.2) is 9.84 Å². The van der Waals surface area contributed by atoms with E-state index >= 15 is 0 Å². The third-order valence-electron chi connectivity index (χ3n) is 4.87. The lowest BCUT2D eigenvalue weighted by Gasteiger charge is -2.31. The minimum absolute atomic E-state index is 0.238. The Morgan fingerprint density at radius 2 is 1.96 bits per heavy atom. The van der Waals surface area contributed by atoms with Crippen molar-refractivity contribution in [2.24, 2.45) is 5.92 Å². The third-order valence-corrected chi connectivity index (χ3v) is 6.00. The van der Waals surface area contributed by atoms with Crippen molar-refractivity contribution in [2.45, 2.75) is 37.8 Å². The first kappa shape index (κ1) is 18.9. The summed E-state index contributed by atoms with van der Waals surface area (Å²) in [5, 5.41) is 3.21. The van der Waals surface area contributed by atoms with E-state index in [1.807, 2.05) is 6.07 Å². The van der Waals surface area contributed by atoms with Gasteiger partial charge in [-0.3, -0.25) is 4.90 Å². The molecule has 1 unspecified atom stereocenters. The molecule has 1 atom stereocenters. The van der Waals surface area contributed by atoms with E-state index in [1.165, 1.54) is 30.2 Å². The van der Waals surface area contributed by atoms with Crippen LogP contribution < -0.4 is 5.32 Å². The van der Waals surface area contributed by atoms with Crippen LogP contribution in [0.1, 0.15) is 30.9 Å². The molecule has 0 bridgehead atoms. The topological polar surface area (TPSA) is 62.3 Å². The molecule has 1 fully saturated rings. The Hall–Kier alpha value is -1.92. The van der Waals surface area contributed by atoms with Crippen molar-refractivity contribution in [1.82, 2.24) is 9.88 Å². The summed E-state index contributed by atoms with van der Waals surface area (Å²) in [5.41, 5.74) is 2.46. The SMILES string of the molecule is CC1CCCN(Cc2ccccc2CNc2ncccc2S(C)(=O)=O)C1. The zero-order valence-corrected chi connectivity index (χ0v) is 16.3. The summed E-state index contributed by atoms with van der Waals surface area (Å²) in [5.74, 6) is 1.16. The first-order chi connectivity index (χ1) is 12.4. The molecule has 1 saturated heterocycles. The van der Waals surface area contributed by atoms with Crippen LogP contribution in [-0.4, -0.2) is 37.6 Å². The fourth-order valence-corrected chi connectivity index (χ4v) is 4.36. The number of benzene rings is 1. The van der Waals surface area contributed by atoms with Crippen molar-refractivity contribution in [3.05, 3.63) is 53.7 Å². The molecule has 0 amide bonds. The summed E-state index contributed by atoms with van der Waals surface area (Å²) < 4.78 is 23.9. The van der Waals surface area contributed by atoms with Crippen LogP contribution in [0.15, 0.2) is 47.5 Å². The number of hydrogen-bond acceptors (Lipinski definition) is 5. The molecule has 6 heteroatoms. The highest BCUT2D eigenvalue weighted by molar-refractivity contribution is 7.90. The van der Waals surface area contributed by atoms with E-state index in [9.17, 15) is 8.42 Å².